The lowest BCUT2D eigenvalue weighted by Gasteiger charge is -2.26. The molecule has 9 nitrogen and oxygen atoms in total. The maximum Gasteiger partial charge on any atom is 0.223 e. The first kappa shape index (κ1) is 19.7. The van der Waals surface area contributed by atoms with E-state index in [1.807, 2.05) is 22.7 Å². The van der Waals surface area contributed by atoms with Gasteiger partial charge < -0.3 is 16.4 Å². The molecule has 0 unspecified atom stereocenters. The summed E-state index contributed by atoms with van der Waals surface area (Å²) in [5.41, 5.74) is 9.89. The van der Waals surface area contributed by atoms with E-state index >= 15 is 0 Å². The van der Waals surface area contributed by atoms with Crippen molar-refractivity contribution in [2.75, 3.05) is 10.6 Å². The Morgan fingerprint density at radius 1 is 1.00 bits per heavy atom. The van der Waals surface area contributed by atoms with E-state index in [9.17, 15) is 0 Å². The predicted molar refractivity (Wildman–Crippen MR) is 120 cm³/mol. The van der Waals surface area contributed by atoms with Crippen molar-refractivity contribution in [3.63, 3.8) is 0 Å². The van der Waals surface area contributed by atoms with Crippen molar-refractivity contribution in [1.82, 2.24) is 29.3 Å². The molecule has 1 saturated carbocycles. The van der Waals surface area contributed by atoms with Gasteiger partial charge in [-0.3, -0.25) is 4.40 Å². The van der Waals surface area contributed by atoms with E-state index in [4.69, 9.17) is 17.3 Å². The van der Waals surface area contributed by atoms with Gasteiger partial charge in [-0.2, -0.15) is 0 Å². The van der Waals surface area contributed by atoms with Gasteiger partial charge in [0.1, 0.15) is 17.7 Å². The maximum atomic E-state index is 6.45. The Labute approximate surface area is 184 Å². The van der Waals surface area contributed by atoms with E-state index in [0.717, 1.165) is 48.4 Å². The van der Waals surface area contributed by atoms with Crippen LogP contribution in [0.25, 0.3) is 17.0 Å². The van der Waals surface area contributed by atoms with Gasteiger partial charge in [0.2, 0.25) is 5.95 Å². The SMILES string of the molecule is NC1CCC(Nc2ncc(Cl)c(-c3cnc4cc(Nc5cncnc5)ccn34)n2)CC1. The molecule has 31 heavy (non-hydrogen) atoms. The summed E-state index contributed by atoms with van der Waals surface area (Å²) in [6.45, 7) is 0. The highest BCUT2D eigenvalue weighted by Gasteiger charge is 2.20. The second-order valence-corrected chi connectivity index (χ2v) is 8.09. The number of aromatic nitrogens is 6. The molecule has 5 rings (SSSR count). The van der Waals surface area contributed by atoms with Crippen molar-refractivity contribution in [2.45, 2.75) is 37.8 Å². The van der Waals surface area contributed by atoms with E-state index in [0.29, 0.717) is 28.7 Å². The standard InChI is InChI=1S/C21H22ClN9/c22-17-10-27-21(29-14-3-1-13(23)2-4-14)30-20(17)18-11-26-19-7-15(5-6-31(18)19)28-16-8-24-12-25-9-16/h5-14,28H,1-4,23H2,(H,27,29,30). The molecule has 4 heterocycles. The highest BCUT2D eigenvalue weighted by atomic mass is 35.5. The van der Waals surface area contributed by atoms with Crippen molar-refractivity contribution in [3.8, 4) is 11.4 Å². The zero-order chi connectivity index (χ0) is 21.2. The topological polar surface area (TPSA) is 119 Å². The van der Waals surface area contributed by atoms with E-state index < -0.39 is 0 Å². The number of nitrogens with zero attached hydrogens (tertiary/aromatic N) is 6. The molecular weight excluding hydrogens is 414 g/mol. The van der Waals surface area contributed by atoms with Gasteiger partial charge in [-0.1, -0.05) is 11.6 Å². The molecule has 4 N–H and O–H groups in total. The van der Waals surface area contributed by atoms with Crippen LogP contribution in [0.3, 0.4) is 0 Å². The minimum absolute atomic E-state index is 0.298. The van der Waals surface area contributed by atoms with Crippen molar-refractivity contribution in [2.24, 2.45) is 5.73 Å². The molecule has 1 aliphatic carbocycles. The normalized spacial score (nSPS) is 18.8. The van der Waals surface area contributed by atoms with Gasteiger partial charge in [0.25, 0.3) is 0 Å². The lowest BCUT2D eigenvalue weighted by molar-refractivity contribution is 0.410. The van der Waals surface area contributed by atoms with Crippen LogP contribution in [-0.2, 0) is 0 Å². The highest BCUT2D eigenvalue weighted by molar-refractivity contribution is 6.32. The molecule has 10 heteroatoms. The summed E-state index contributed by atoms with van der Waals surface area (Å²) in [6, 6.07) is 4.51. The summed E-state index contributed by atoms with van der Waals surface area (Å²) in [7, 11) is 0. The lowest BCUT2D eigenvalue weighted by atomic mass is 9.92. The average Bonchev–Trinajstić information content (AvgIpc) is 3.20. The third-order valence-electron chi connectivity index (χ3n) is 5.45. The minimum Gasteiger partial charge on any atom is -0.353 e. The molecule has 0 radical (unpaired) electrons. The fourth-order valence-electron chi connectivity index (χ4n) is 3.83. The summed E-state index contributed by atoms with van der Waals surface area (Å²) >= 11 is 6.45. The number of nitrogens with two attached hydrogens (primary N) is 1. The fourth-order valence-corrected chi connectivity index (χ4v) is 4.01. The number of hydrogen-bond acceptors (Lipinski definition) is 8. The van der Waals surface area contributed by atoms with Gasteiger partial charge >= 0.3 is 0 Å². The van der Waals surface area contributed by atoms with Crippen LogP contribution in [0, 0.1) is 0 Å². The number of rotatable bonds is 5. The smallest absolute Gasteiger partial charge is 0.223 e. The van der Waals surface area contributed by atoms with Gasteiger partial charge in [-0.25, -0.2) is 24.9 Å². The van der Waals surface area contributed by atoms with Gasteiger partial charge in [-0.05, 0) is 31.7 Å². The largest absolute Gasteiger partial charge is 0.353 e. The lowest BCUT2D eigenvalue weighted by Crippen LogP contribution is -2.33. The number of fused-ring (bicyclic) bond motifs is 1. The zero-order valence-corrected chi connectivity index (χ0v) is 17.5. The fraction of sp³-hybridized carbons (Fsp3) is 0.286. The van der Waals surface area contributed by atoms with Crippen LogP contribution < -0.4 is 16.4 Å². The highest BCUT2D eigenvalue weighted by Crippen LogP contribution is 2.29. The van der Waals surface area contributed by atoms with E-state index in [1.54, 1.807) is 24.8 Å². The number of nitrogens with one attached hydrogen (secondary N) is 2. The number of pyridine rings is 1. The minimum atomic E-state index is 0.298. The summed E-state index contributed by atoms with van der Waals surface area (Å²) in [5, 5.41) is 7.17. The van der Waals surface area contributed by atoms with Gasteiger partial charge in [0.05, 0.1) is 41.2 Å². The Morgan fingerprint density at radius 3 is 2.61 bits per heavy atom. The summed E-state index contributed by atoms with van der Waals surface area (Å²) in [5.74, 6) is 0.567. The van der Waals surface area contributed by atoms with Crippen LogP contribution in [-0.4, -0.2) is 41.4 Å². The second kappa shape index (κ2) is 8.44. The number of halogens is 1. The van der Waals surface area contributed by atoms with Crippen LogP contribution in [0.4, 0.5) is 17.3 Å². The van der Waals surface area contributed by atoms with Crippen LogP contribution in [0.2, 0.25) is 5.02 Å². The Hall–Kier alpha value is -3.30. The molecule has 1 aliphatic rings. The quantitative estimate of drug-likeness (QED) is 0.434. The number of anilines is 3. The van der Waals surface area contributed by atoms with Crippen molar-refractivity contribution in [1.29, 1.82) is 0 Å². The molecule has 0 aromatic carbocycles. The molecule has 0 atom stereocenters. The van der Waals surface area contributed by atoms with E-state index in [-0.39, 0.29) is 0 Å². The third-order valence-corrected chi connectivity index (χ3v) is 5.73. The molecule has 0 saturated heterocycles. The molecule has 0 spiro atoms. The van der Waals surface area contributed by atoms with E-state index in [2.05, 4.69) is 35.6 Å². The molecule has 4 aromatic rings. The van der Waals surface area contributed by atoms with Crippen LogP contribution in [0.5, 0.6) is 0 Å². The molecule has 158 valence electrons. The molecule has 1 fully saturated rings. The summed E-state index contributed by atoms with van der Waals surface area (Å²) < 4.78 is 1.95. The summed E-state index contributed by atoms with van der Waals surface area (Å²) in [4.78, 5) is 21.6. The Bertz CT molecular complexity index is 1190. The predicted octanol–water partition coefficient (Wildman–Crippen LogP) is 3.66. The van der Waals surface area contributed by atoms with Crippen molar-refractivity contribution >= 4 is 34.6 Å². The molecule has 4 aromatic heterocycles. The van der Waals surface area contributed by atoms with Crippen molar-refractivity contribution in [3.05, 3.63) is 54.5 Å². The first-order valence-corrected chi connectivity index (χ1v) is 10.6. The van der Waals surface area contributed by atoms with Gasteiger partial charge in [0, 0.05) is 30.0 Å². The first-order chi connectivity index (χ1) is 15.2. The zero-order valence-electron chi connectivity index (χ0n) is 16.7. The first-order valence-electron chi connectivity index (χ1n) is 10.2. The maximum absolute atomic E-state index is 6.45. The summed E-state index contributed by atoms with van der Waals surface area (Å²) in [6.07, 6.45) is 14.3. The van der Waals surface area contributed by atoms with Crippen LogP contribution in [0.15, 0.2) is 49.4 Å². The number of hydrogen-bond donors (Lipinski definition) is 3. The Kier molecular flexibility index (Phi) is 5.35. The molecule has 0 aliphatic heterocycles. The van der Waals surface area contributed by atoms with Crippen LogP contribution >= 0.6 is 11.6 Å². The molecular formula is C21H22ClN9. The van der Waals surface area contributed by atoms with Crippen LogP contribution in [0.1, 0.15) is 25.7 Å². The second-order valence-electron chi connectivity index (χ2n) is 7.69. The third kappa shape index (κ3) is 4.28. The molecule has 0 amide bonds. The number of imidazole rings is 1. The van der Waals surface area contributed by atoms with Gasteiger partial charge in [-0.15, -0.1) is 0 Å². The van der Waals surface area contributed by atoms with Gasteiger partial charge in [0.15, 0.2) is 0 Å². The molecule has 0 bridgehead atoms. The van der Waals surface area contributed by atoms with E-state index in [1.165, 1.54) is 6.33 Å². The monoisotopic (exact) mass is 435 g/mol. The Morgan fingerprint density at radius 2 is 1.81 bits per heavy atom. The Balaban J connectivity index is 1.41. The average molecular weight is 436 g/mol. The van der Waals surface area contributed by atoms with Crippen molar-refractivity contribution < 1.29 is 0 Å².